The van der Waals surface area contributed by atoms with Gasteiger partial charge in [-0.3, -0.25) is 4.79 Å². The second kappa shape index (κ2) is 16.9. The Hall–Kier alpha value is -1.75. The summed E-state index contributed by atoms with van der Waals surface area (Å²) in [5.74, 6) is 1.28. The Morgan fingerprint density at radius 3 is 1.75 bits per heavy atom. The van der Waals surface area contributed by atoms with E-state index in [9.17, 15) is 9.90 Å². The maximum atomic E-state index is 11.7. The van der Waals surface area contributed by atoms with Crippen LogP contribution in [-0.2, 0) is 16.0 Å². The highest BCUT2D eigenvalue weighted by atomic mass is 16.7. The molecule has 0 aliphatic carbocycles. The fraction of sp³-hybridized carbons (Fsp3) is 0.774. The lowest BCUT2D eigenvalue weighted by atomic mass is 9.95. The molecule has 2 heterocycles. The SMILES string of the molecule is C[C@@H]1OC(=O)[C@@H](CCCCCCCCCCCCCCCCCCCc2ccc3c(c2)OCO3)[C@H]1O. The molecule has 5 nitrogen and oxygen atoms in total. The van der Waals surface area contributed by atoms with Gasteiger partial charge in [-0.1, -0.05) is 109 Å². The first-order chi connectivity index (χ1) is 17.6. The summed E-state index contributed by atoms with van der Waals surface area (Å²) in [5, 5.41) is 9.97. The van der Waals surface area contributed by atoms with Crippen molar-refractivity contribution < 1.29 is 24.1 Å². The summed E-state index contributed by atoms with van der Waals surface area (Å²) in [7, 11) is 0. The zero-order chi connectivity index (χ0) is 25.4. The Morgan fingerprint density at radius 2 is 1.22 bits per heavy atom. The number of carbonyl (C=O) groups excluding carboxylic acids is 1. The van der Waals surface area contributed by atoms with Crippen molar-refractivity contribution in [3.8, 4) is 11.5 Å². The second-order valence-corrected chi connectivity index (χ2v) is 11.0. The second-order valence-electron chi connectivity index (χ2n) is 11.0. The van der Waals surface area contributed by atoms with Gasteiger partial charge >= 0.3 is 5.97 Å². The van der Waals surface area contributed by atoms with Crippen molar-refractivity contribution in [1.82, 2.24) is 0 Å². The molecule has 2 aliphatic heterocycles. The number of unbranched alkanes of at least 4 members (excludes halogenated alkanes) is 16. The molecular formula is C31H50O5. The fourth-order valence-corrected chi connectivity index (χ4v) is 5.54. The minimum absolute atomic E-state index is 0.208. The number of aliphatic hydroxyl groups excluding tert-OH is 1. The third-order valence-corrected chi connectivity index (χ3v) is 7.92. The Morgan fingerprint density at radius 1 is 0.722 bits per heavy atom. The molecule has 1 aromatic carbocycles. The van der Waals surface area contributed by atoms with E-state index < -0.39 is 6.10 Å². The van der Waals surface area contributed by atoms with Gasteiger partial charge in [-0.05, 0) is 43.9 Å². The van der Waals surface area contributed by atoms with Gasteiger partial charge in [0.25, 0.3) is 0 Å². The molecule has 0 saturated carbocycles. The lowest BCUT2D eigenvalue weighted by Gasteiger charge is -2.11. The first kappa shape index (κ1) is 28.8. The van der Waals surface area contributed by atoms with Crippen molar-refractivity contribution in [2.45, 2.75) is 141 Å². The summed E-state index contributed by atoms with van der Waals surface area (Å²) >= 11 is 0. The summed E-state index contributed by atoms with van der Waals surface area (Å²) in [4.78, 5) is 11.7. The van der Waals surface area contributed by atoms with Crippen LogP contribution < -0.4 is 9.47 Å². The van der Waals surface area contributed by atoms with Crippen LogP contribution in [0, 0.1) is 5.92 Å². The van der Waals surface area contributed by atoms with Crippen molar-refractivity contribution in [1.29, 1.82) is 0 Å². The van der Waals surface area contributed by atoms with Crippen molar-refractivity contribution in [2.24, 2.45) is 5.92 Å². The highest BCUT2D eigenvalue weighted by Gasteiger charge is 2.40. The van der Waals surface area contributed by atoms with Crippen LogP contribution in [0.25, 0.3) is 0 Å². The van der Waals surface area contributed by atoms with E-state index in [0.717, 1.165) is 37.2 Å². The predicted octanol–water partition coefficient (Wildman–Crippen LogP) is 7.90. The number of esters is 1. The monoisotopic (exact) mass is 502 g/mol. The molecule has 3 rings (SSSR count). The minimum Gasteiger partial charge on any atom is -0.460 e. The number of aliphatic hydroxyl groups is 1. The fourth-order valence-electron chi connectivity index (χ4n) is 5.54. The van der Waals surface area contributed by atoms with E-state index in [4.69, 9.17) is 14.2 Å². The molecule has 3 atom stereocenters. The van der Waals surface area contributed by atoms with Crippen LogP contribution in [0.3, 0.4) is 0 Å². The van der Waals surface area contributed by atoms with E-state index in [1.807, 2.05) is 6.07 Å². The molecule has 0 amide bonds. The molecule has 1 aromatic rings. The smallest absolute Gasteiger partial charge is 0.312 e. The van der Waals surface area contributed by atoms with Gasteiger partial charge in [-0.25, -0.2) is 0 Å². The van der Waals surface area contributed by atoms with E-state index in [0.29, 0.717) is 6.79 Å². The Kier molecular flexibility index (Phi) is 13.5. The van der Waals surface area contributed by atoms with Gasteiger partial charge in [0.15, 0.2) is 11.5 Å². The molecular weight excluding hydrogens is 452 g/mol. The molecule has 0 aromatic heterocycles. The average Bonchev–Trinajstić information content (AvgIpc) is 3.44. The van der Waals surface area contributed by atoms with Gasteiger partial charge < -0.3 is 19.3 Å². The number of rotatable bonds is 20. The Balaban J connectivity index is 0.999. The number of hydrogen-bond donors (Lipinski definition) is 1. The van der Waals surface area contributed by atoms with Crippen molar-refractivity contribution >= 4 is 5.97 Å². The van der Waals surface area contributed by atoms with E-state index in [1.54, 1.807) is 6.92 Å². The maximum absolute atomic E-state index is 11.7. The summed E-state index contributed by atoms with van der Waals surface area (Å²) in [5.41, 5.74) is 1.36. The molecule has 1 N–H and O–H groups in total. The predicted molar refractivity (Wildman–Crippen MR) is 144 cm³/mol. The van der Waals surface area contributed by atoms with Crippen LogP contribution >= 0.6 is 0 Å². The molecule has 1 saturated heterocycles. The summed E-state index contributed by atoms with van der Waals surface area (Å²) in [6, 6.07) is 6.34. The lowest BCUT2D eigenvalue weighted by molar-refractivity contribution is -0.143. The minimum atomic E-state index is -0.610. The summed E-state index contributed by atoms with van der Waals surface area (Å²) in [6.07, 6.45) is 23.5. The molecule has 2 aliphatic rings. The van der Waals surface area contributed by atoms with E-state index in [2.05, 4.69) is 12.1 Å². The quantitative estimate of drug-likeness (QED) is 0.145. The summed E-state index contributed by atoms with van der Waals surface area (Å²) in [6.45, 7) is 2.13. The molecule has 36 heavy (non-hydrogen) atoms. The van der Waals surface area contributed by atoms with Crippen LogP contribution in [0.1, 0.15) is 128 Å². The van der Waals surface area contributed by atoms with Crippen molar-refractivity contribution in [3.05, 3.63) is 23.8 Å². The van der Waals surface area contributed by atoms with Gasteiger partial charge in [-0.15, -0.1) is 0 Å². The number of ether oxygens (including phenoxy) is 3. The highest BCUT2D eigenvalue weighted by molar-refractivity contribution is 5.75. The van der Waals surface area contributed by atoms with Crippen LogP contribution in [0.15, 0.2) is 18.2 Å². The first-order valence-corrected chi connectivity index (χ1v) is 14.9. The molecule has 0 unspecified atom stereocenters. The maximum Gasteiger partial charge on any atom is 0.312 e. The molecule has 0 radical (unpaired) electrons. The Labute approximate surface area is 219 Å². The molecule has 204 valence electrons. The lowest BCUT2D eigenvalue weighted by Crippen LogP contribution is -2.24. The highest BCUT2D eigenvalue weighted by Crippen LogP contribution is 2.33. The number of cyclic esters (lactones) is 1. The van der Waals surface area contributed by atoms with E-state index in [-0.39, 0.29) is 18.0 Å². The third-order valence-electron chi connectivity index (χ3n) is 7.92. The van der Waals surface area contributed by atoms with Gasteiger partial charge in [0.05, 0.1) is 5.92 Å². The standard InChI is InChI=1S/C31H50O5/c1-25-30(32)27(31(33)36-25)20-18-16-14-12-10-8-6-4-2-3-5-7-9-11-13-15-17-19-26-21-22-28-29(23-26)35-24-34-28/h21-23,25,27,30,32H,2-20,24H2,1H3/t25-,27-,30-/m0/s1. The van der Waals surface area contributed by atoms with Crippen LogP contribution in [0.2, 0.25) is 0 Å². The number of benzene rings is 1. The van der Waals surface area contributed by atoms with E-state index in [1.165, 1.54) is 102 Å². The van der Waals surface area contributed by atoms with Crippen LogP contribution in [-0.4, -0.2) is 30.1 Å². The molecule has 0 spiro atoms. The molecule has 1 fully saturated rings. The van der Waals surface area contributed by atoms with Gasteiger partial charge in [0.2, 0.25) is 6.79 Å². The Bertz CT molecular complexity index is 748. The van der Waals surface area contributed by atoms with Gasteiger partial charge in [0.1, 0.15) is 12.2 Å². The zero-order valence-corrected chi connectivity index (χ0v) is 22.7. The van der Waals surface area contributed by atoms with Gasteiger partial charge in [-0.2, -0.15) is 0 Å². The zero-order valence-electron chi connectivity index (χ0n) is 22.7. The number of fused-ring (bicyclic) bond motifs is 1. The van der Waals surface area contributed by atoms with E-state index >= 15 is 0 Å². The molecule has 5 heteroatoms. The number of aryl methyl sites for hydroxylation is 1. The van der Waals surface area contributed by atoms with Crippen molar-refractivity contribution in [2.75, 3.05) is 6.79 Å². The molecule has 0 bridgehead atoms. The summed E-state index contributed by atoms with van der Waals surface area (Å²) < 4.78 is 15.9. The third kappa shape index (κ3) is 10.3. The van der Waals surface area contributed by atoms with Crippen LogP contribution in [0.4, 0.5) is 0 Å². The van der Waals surface area contributed by atoms with Crippen molar-refractivity contribution in [3.63, 3.8) is 0 Å². The number of carbonyl (C=O) groups is 1. The van der Waals surface area contributed by atoms with Crippen LogP contribution in [0.5, 0.6) is 11.5 Å². The number of hydrogen-bond acceptors (Lipinski definition) is 5. The van der Waals surface area contributed by atoms with Gasteiger partial charge in [0, 0.05) is 0 Å². The topological polar surface area (TPSA) is 65.0 Å². The first-order valence-electron chi connectivity index (χ1n) is 14.9. The average molecular weight is 503 g/mol. The normalized spacial score (nSPS) is 20.7. The largest absolute Gasteiger partial charge is 0.460 e.